The molecule has 94 valence electrons. The summed E-state index contributed by atoms with van der Waals surface area (Å²) in [5, 5.41) is 24.0. The lowest BCUT2D eigenvalue weighted by Crippen LogP contribution is -2.12. The minimum Gasteiger partial charge on any atom is -0.507 e. The number of carbonyl (C=O) groups is 1. The zero-order valence-electron chi connectivity index (χ0n) is 8.85. The molecule has 18 heavy (non-hydrogen) atoms. The Balaban J connectivity index is 2.27. The van der Waals surface area contributed by atoms with E-state index in [0.29, 0.717) is 0 Å². The molecule has 0 fully saturated rings. The third-order valence-electron chi connectivity index (χ3n) is 2.12. The number of nitrogen functional groups attached to an aromatic ring is 1. The van der Waals surface area contributed by atoms with E-state index < -0.39 is 23.2 Å². The van der Waals surface area contributed by atoms with E-state index in [2.05, 4.69) is 15.0 Å². The number of phenols is 1. The van der Waals surface area contributed by atoms with Gasteiger partial charge >= 0.3 is 0 Å². The van der Waals surface area contributed by atoms with Crippen molar-refractivity contribution in [2.45, 2.75) is 0 Å². The zero-order valence-corrected chi connectivity index (χ0v) is 8.85. The van der Waals surface area contributed by atoms with Crippen LogP contribution >= 0.6 is 0 Å². The van der Waals surface area contributed by atoms with Crippen LogP contribution in [-0.4, -0.2) is 21.3 Å². The highest BCUT2D eigenvalue weighted by atomic mass is 19.1. The van der Waals surface area contributed by atoms with Crippen LogP contribution in [0.25, 0.3) is 0 Å². The number of hydrogen-bond donors (Lipinski definition) is 4. The van der Waals surface area contributed by atoms with Crippen LogP contribution in [0, 0.1) is 5.82 Å². The number of anilines is 2. The van der Waals surface area contributed by atoms with Gasteiger partial charge in [-0.3, -0.25) is 10.1 Å². The zero-order chi connectivity index (χ0) is 13.3. The molecule has 0 spiro atoms. The topological polar surface area (TPSA) is 122 Å². The number of aromatic hydroxyl groups is 2. The maximum Gasteiger partial charge on any atom is 0.276 e. The van der Waals surface area contributed by atoms with Crippen LogP contribution in [0.15, 0.2) is 22.7 Å². The summed E-state index contributed by atoms with van der Waals surface area (Å²) in [5.74, 6) is -3.22. The number of nitrogens with zero attached hydrogens (tertiary/aromatic N) is 1. The summed E-state index contributed by atoms with van der Waals surface area (Å²) >= 11 is 0. The molecule has 1 aromatic heterocycles. The number of halogens is 1. The van der Waals surface area contributed by atoms with Crippen molar-refractivity contribution in [2.75, 3.05) is 11.1 Å². The van der Waals surface area contributed by atoms with Gasteiger partial charge in [0.15, 0.2) is 0 Å². The number of aromatic nitrogens is 1. The minimum atomic E-state index is -0.876. The molecule has 0 aliphatic carbocycles. The summed E-state index contributed by atoms with van der Waals surface area (Å²) in [4.78, 5) is 11.7. The second-order valence-corrected chi connectivity index (χ2v) is 3.36. The lowest BCUT2D eigenvalue weighted by Gasteiger charge is -2.04. The number of benzene rings is 1. The predicted octanol–water partition coefficient (Wildman–Crippen LogP) is 1.06. The summed E-state index contributed by atoms with van der Waals surface area (Å²) in [7, 11) is 0. The lowest BCUT2D eigenvalue weighted by atomic mass is 10.2. The van der Waals surface area contributed by atoms with Crippen molar-refractivity contribution < 1.29 is 23.9 Å². The second kappa shape index (κ2) is 4.24. The van der Waals surface area contributed by atoms with Crippen LogP contribution in [0.4, 0.5) is 16.1 Å². The Hall–Kier alpha value is -2.77. The van der Waals surface area contributed by atoms with Gasteiger partial charge in [-0.25, -0.2) is 4.39 Å². The fraction of sp³-hybridized carbons (Fsp3) is 0. The quantitative estimate of drug-likeness (QED) is 0.634. The first-order valence-electron chi connectivity index (χ1n) is 4.73. The molecule has 1 heterocycles. The van der Waals surface area contributed by atoms with Crippen molar-refractivity contribution in [3.63, 3.8) is 0 Å². The molecular weight excluding hydrogens is 245 g/mol. The Morgan fingerprint density at radius 1 is 1.44 bits per heavy atom. The van der Waals surface area contributed by atoms with Crippen LogP contribution in [0.5, 0.6) is 11.5 Å². The molecule has 1 aromatic carbocycles. The number of rotatable bonds is 2. The summed E-state index contributed by atoms with van der Waals surface area (Å²) in [6, 6.07) is 2.86. The van der Waals surface area contributed by atoms with Crippen LogP contribution in [0.1, 0.15) is 10.4 Å². The van der Waals surface area contributed by atoms with E-state index in [1.165, 1.54) is 0 Å². The molecule has 8 heteroatoms. The average molecular weight is 253 g/mol. The maximum absolute atomic E-state index is 12.9. The van der Waals surface area contributed by atoms with Gasteiger partial charge in [-0.15, -0.1) is 0 Å². The maximum atomic E-state index is 12.9. The Morgan fingerprint density at radius 2 is 2.17 bits per heavy atom. The molecule has 0 aliphatic rings. The Kier molecular flexibility index (Phi) is 2.76. The molecule has 0 saturated carbocycles. The second-order valence-electron chi connectivity index (χ2n) is 3.36. The van der Waals surface area contributed by atoms with Gasteiger partial charge in [-0.05, 0) is 18.2 Å². The Bertz CT molecular complexity index is 611. The molecule has 5 N–H and O–H groups in total. The van der Waals surface area contributed by atoms with Gasteiger partial charge in [0.05, 0.1) is 5.56 Å². The molecule has 0 radical (unpaired) electrons. The normalized spacial score (nSPS) is 10.3. The Labute approximate surface area is 99.6 Å². The van der Waals surface area contributed by atoms with Crippen molar-refractivity contribution in [3.05, 3.63) is 29.6 Å². The lowest BCUT2D eigenvalue weighted by molar-refractivity contribution is 0.102. The van der Waals surface area contributed by atoms with Gasteiger partial charge in [0.2, 0.25) is 11.6 Å². The molecule has 1 amide bonds. The SMILES string of the molecule is Nc1noc(NC(=O)c2cc(F)ccc2O)c1O. The fourth-order valence-corrected chi connectivity index (χ4v) is 1.24. The molecule has 0 aliphatic heterocycles. The van der Waals surface area contributed by atoms with Crippen molar-refractivity contribution in [3.8, 4) is 11.5 Å². The van der Waals surface area contributed by atoms with Crippen molar-refractivity contribution >= 4 is 17.6 Å². The van der Waals surface area contributed by atoms with Crippen LogP contribution in [0.2, 0.25) is 0 Å². The van der Waals surface area contributed by atoms with Crippen LogP contribution in [0.3, 0.4) is 0 Å². The van der Waals surface area contributed by atoms with Crippen LogP contribution < -0.4 is 11.1 Å². The molecule has 2 rings (SSSR count). The van der Waals surface area contributed by atoms with Crippen molar-refractivity contribution in [1.82, 2.24) is 5.16 Å². The van der Waals surface area contributed by atoms with E-state index in [1.54, 1.807) is 0 Å². The standard InChI is InChI=1S/C10H8FN3O4/c11-4-1-2-6(15)5(3-4)9(17)13-10-7(16)8(12)14-18-10/h1-3,15-16H,(H2,12,14)(H,13,17). The largest absolute Gasteiger partial charge is 0.507 e. The highest BCUT2D eigenvalue weighted by Gasteiger charge is 2.18. The van der Waals surface area contributed by atoms with Gasteiger partial charge in [0.1, 0.15) is 11.6 Å². The van der Waals surface area contributed by atoms with E-state index in [4.69, 9.17) is 5.73 Å². The van der Waals surface area contributed by atoms with Crippen molar-refractivity contribution in [2.24, 2.45) is 0 Å². The molecule has 0 saturated heterocycles. The molecule has 0 atom stereocenters. The summed E-state index contributed by atoms with van der Waals surface area (Å²) < 4.78 is 17.5. The Morgan fingerprint density at radius 3 is 2.78 bits per heavy atom. The average Bonchev–Trinajstić information content (AvgIpc) is 2.64. The van der Waals surface area contributed by atoms with E-state index in [0.717, 1.165) is 18.2 Å². The van der Waals surface area contributed by atoms with E-state index in [1.807, 2.05) is 0 Å². The first kappa shape index (κ1) is 11.7. The van der Waals surface area contributed by atoms with Gasteiger partial charge in [-0.1, -0.05) is 5.16 Å². The number of amides is 1. The molecule has 0 bridgehead atoms. The number of hydrogen-bond acceptors (Lipinski definition) is 6. The third-order valence-corrected chi connectivity index (χ3v) is 2.12. The van der Waals surface area contributed by atoms with Crippen molar-refractivity contribution in [1.29, 1.82) is 0 Å². The number of phenolic OH excluding ortho intramolecular Hbond substituents is 1. The summed E-state index contributed by atoms with van der Waals surface area (Å²) in [6.07, 6.45) is 0. The molecular formula is C10H8FN3O4. The predicted molar refractivity (Wildman–Crippen MR) is 58.6 cm³/mol. The number of nitrogens with two attached hydrogens (primary N) is 1. The van der Waals surface area contributed by atoms with Gasteiger partial charge in [0, 0.05) is 0 Å². The number of nitrogens with one attached hydrogen (secondary N) is 1. The monoisotopic (exact) mass is 253 g/mol. The third kappa shape index (κ3) is 2.03. The molecule has 2 aromatic rings. The van der Waals surface area contributed by atoms with E-state index in [9.17, 15) is 19.4 Å². The van der Waals surface area contributed by atoms with E-state index >= 15 is 0 Å². The summed E-state index contributed by atoms with van der Waals surface area (Å²) in [5.41, 5.74) is 4.88. The minimum absolute atomic E-state index is 0.297. The fourth-order valence-electron chi connectivity index (χ4n) is 1.24. The first-order chi connectivity index (χ1) is 8.49. The van der Waals surface area contributed by atoms with Gasteiger partial charge in [-0.2, -0.15) is 0 Å². The van der Waals surface area contributed by atoms with Gasteiger partial charge in [0.25, 0.3) is 11.8 Å². The number of carbonyl (C=O) groups excluding carboxylic acids is 1. The summed E-state index contributed by atoms with van der Waals surface area (Å²) in [6.45, 7) is 0. The smallest absolute Gasteiger partial charge is 0.276 e. The van der Waals surface area contributed by atoms with Crippen LogP contribution in [-0.2, 0) is 0 Å². The highest BCUT2D eigenvalue weighted by Crippen LogP contribution is 2.30. The van der Waals surface area contributed by atoms with Gasteiger partial charge < -0.3 is 20.5 Å². The first-order valence-corrected chi connectivity index (χ1v) is 4.73. The van der Waals surface area contributed by atoms with E-state index in [-0.39, 0.29) is 17.3 Å². The molecule has 0 unspecified atom stereocenters. The highest BCUT2D eigenvalue weighted by molar-refractivity contribution is 6.06. The molecule has 7 nitrogen and oxygen atoms in total.